The number of fused-ring (bicyclic) bond motifs is 1. The van der Waals surface area contributed by atoms with Crippen molar-refractivity contribution < 1.29 is 9.21 Å². The van der Waals surface area contributed by atoms with Crippen molar-refractivity contribution in [3.8, 4) is 0 Å². The predicted molar refractivity (Wildman–Crippen MR) is 93.1 cm³/mol. The number of amides is 1. The molecule has 2 N–H and O–H groups in total. The maximum absolute atomic E-state index is 12.2. The van der Waals surface area contributed by atoms with Crippen LogP contribution in [-0.2, 0) is 13.5 Å². The molecule has 23 heavy (non-hydrogen) atoms. The Morgan fingerprint density at radius 2 is 2.26 bits per heavy atom. The molecule has 3 rings (SSSR count). The number of carbonyl (C=O) groups is 1. The fourth-order valence-electron chi connectivity index (χ4n) is 2.37. The van der Waals surface area contributed by atoms with Gasteiger partial charge in [0.15, 0.2) is 10.5 Å². The largest absolute Gasteiger partial charge is 0.451 e. The number of H-pyrrole nitrogens is 1. The van der Waals surface area contributed by atoms with Crippen LogP contribution in [0.3, 0.4) is 0 Å². The van der Waals surface area contributed by atoms with Crippen molar-refractivity contribution in [2.75, 3.05) is 6.54 Å². The van der Waals surface area contributed by atoms with Gasteiger partial charge in [0.2, 0.25) is 0 Å². The Bertz CT molecular complexity index is 941. The van der Waals surface area contributed by atoms with Gasteiger partial charge in [-0.05, 0) is 42.9 Å². The highest BCUT2D eigenvalue weighted by Crippen LogP contribution is 2.26. The number of aromatic amines is 1. The molecule has 0 unspecified atom stereocenters. The van der Waals surface area contributed by atoms with Gasteiger partial charge in [0, 0.05) is 29.9 Å². The van der Waals surface area contributed by atoms with Crippen LogP contribution in [0.15, 0.2) is 27.1 Å². The predicted octanol–water partition coefficient (Wildman–Crippen LogP) is 3.27. The first-order chi connectivity index (χ1) is 11.0. The Morgan fingerprint density at radius 1 is 1.48 bits per heavy atom. The third-order valence-corrected chi connectivity index (χ3v) is 4.42. The maximum atomic E-state index is 12.2. The van der Waals surface area contributed by atoms with Crippen molar-refractivity contribution in [3.63, 3.8) is 0 Å². The van der Waals surface area contributed by atoms with Crippen LogP contribution < -0.4 is 5.32 Å². The zero-order valence-electron chi connectivity index (χ0n) is 12.6. The van der Waals surface area contributed by atoms with E-state index >= 15 is 0 Å². The van der Waals surface area contributed by atoms with Gasteiger partial charge in [-0.3, -0.25) is 9.89 Å². The molecule has 1 amide bonds. The van der Waals surface area contributed by atoms with Crippen LogP contribution in [0.25, 0.3) is 11.0 Å². The molecule has 2 heterocycles. The summed E-state index contributed by atoms with van der Waals surface area (Å²) in [6, 6.07) is 5.63. The number of aromatic nitrogens is 3. The summed E-state index contributed by atoms with van der Waals surface area (Å²) in [6.07, 6.45) is 0.584. The lowest BCUT2D eigenvalue weighted by molar-refractivity contribution is 0.0928. The fourth-order valence-corrected chi connectivity index (χ4v) is 3.11. The lowest BCUT2D eigenvalue weighted by Gasteiger charge is -2.02. The monoisotopic (exact) mass is 394 g/mol. The summed E-state index contributed by atoms with van der Waals surface area (Å²) in [5, 5.41) is 10.6. The molecular weight excluding hydrogens is 380 g/mol. The average Bonchev–Trinajstić information content (AvgIpc) is 3.05. The fraction of sp³-hybridized carbons (Fsp3) is 0.267. The van der Waals surface area contributed by atoms with Crippen molar-refractivity contribution in [1.82, 2.24) is 20.1 Å². The molecule has 0 aliphatic carbocycles. The highest BCUT2D eigenvalue weighted by atomic mass is 79.9. The number of halogens is 1. The van der Waals surface area contributed by atoms with Crippen LogP contribution in [0.4, 0.5) is 0 Å². The van der Waals surface area contributed by atoms with Crippen LogP contribution in [0.1, 0.15) is 21.9 Å². The molecule has 0 atom stereocenters. The minimum absolute atomic E-state index is 0.242. The first-order valence-electron chi connectivity index (χ1n) is 7.04. The molecule has 0 bridgehead atoms. The van der Waals surface area contributed by atoms with Gasteiger partial charge in [-0.2, -0.15) is 5.10 Å². The van der Waals surface area contributed by atoms with Crippen molar-refractivity contribution in [2.24, 2.45) is 7.05 Å². The number of rotatable bonds is 4. The number of hydrogen-bond donors (Lipinski definition) is 2. The first kappa shape index (κ1) is 15.9. The van der Waals surface area contributed by atoms with Gasteiger partial charge < -0.3 is 14.3 Å². The first-order valence-corrected chi connectivity index (χ1v) is 8.24. The number of carbonyl (C=O) groups excluding carboxylic acids is 1. The van der Waals surface area contributed by atoms with Gasteiger partial charge in [0.25, 0.3) is 5.91 Å². The lowest BCUT2D eigenvalue weighted by Crippen LogP contribution is -2.26. The number of benzene rings is 1. The van der Waals surface area contributed by atoms with Crippen LogP contribution in [0, 0.1) is 11.7 Å². The molecule has 120 valence electrons. The van der Waals surface area contributed by atoms with Gasteiger partial charge in [-0.15, -0.1) is 0 Å². The van der Waals surface area contributed by atoms with E-state index in [1.807, 2.05) is 26.1 Å². The topological polar surface area (TPSA) is 75.8 Å². The number of nitrogens with one attached hydrogen (secondary N) is 2. The molecule has 0 radical (unpaired) electrons. The zero-order chi connectivity index (χ0) is 16.6. The number of hydrogen-bond acceptors (Lipinski definition) is 4. The molecule has 0 aliphatic heterocycles. The standard InChI is InChI=1S/C15H15BrN4O2S/c1-8-5-10(16)6-9-7-11(22-13(8)9)14(21)17-4-3-12-18-19-15(23)20(12)2/h5-7H,3-4H2,1-2H3,(H,17,21)(H,19,23). The minimum atomic E-state index is -0.242. The summed E-state index contributed by atoms with van der Waals surface area (Å²) >= 11 is 8.49. The second-order valence-corrected chi connectivity index (χ2v) is 6.56. The van der Waals surface area contributed by atoms with E-state index in [2.05, 4.69) is 31.4 Å². The highest BCUT2D eigenvalue weighted by molar-refractivity contribution is 9.10. The smallest absolute Gasteiger partial charge is 0.287 e. The third-order valence-electron chi connectivity index (χ3n) is 3.60. The Hall–Kier alpha value is -1.93. The molecule has 0 saturated heterocycles. The molecule has 0 aliphatic rings. The van der Waals surface area contributed by atoms with Crippen molar-refractivity contribution in [3.05, 3.63) is 44.6 Å². The minimum Gasteiger partial charge on any atom is -0.451 e. The second kappa shape index (κ2) is 6.29. The Morgan fingerprint density at radius 3 is 2.96 bits per heavy atom. The summed E-state index contributed by atoms with van der Waals surface area (Å²) in [4.78, 5) is 12.2. The second-order valence-electron chi connectivity index (χ2n) is 5.26. The van der Waals surface area contributed by atoms with E-state index in [0.717, 1.165) is 26.8 Å². The van der Waals surface area contributed by atoms with Gasteiger partial charge in [-0.25, -0.2) is 0 Å². The van der Waals surface area contributed by atoms with Crippen molar-refractivity contribution >= 4 is 45.0 Å². The summed E-state index contributed by atoms with van der Waals surface area (Å²) in [6.45, 7) is 2.40. The Balaban J connectivity index is 1.70. The van der Waals surface area contributed by atoms with Crippen LogP contribution >= 0.6 is 28.1 Å². The van der Waals surface area contributed by atoms with Crippen molar-refractivity contribution in [2.45, 2.75) is 13.3 Å². The van der Waals surface area contributed by atoms with Gasteiger partial charge in [-0.1, -0.05) is 15.9 Å². The van der Waals surface area contributed by atoms with Crippen LogP contribution in [-0.4, -0.2) is 27.2 Å². The number of aryl methyl sites for hydroxylation is 1. The number of nitrogens with zero attached hydrogens (tertiary/aromatic N) is 2. The molecular formula is C15H15BrN4O2S. The Labute approximate surface area is 146 Å². The SMILES string of the molecule is Cc1cc(Br)cc2cc(C(=O)NCCc3n[nH]c(=S)n3C)oc12. The van der Waals surface area contributed by atoms with E-state index in [0.29, 0.717) is 23.5 Å². The quantitative estimate of drug-likeness (QED) is 0.665. The molecule has 0 fully saturated rings. The summed E-state index contributed by atoms with van der Waals surface area (Å²) in [7, 11) is 1.84. The van der Waals surface area contributed by atoms with Crippen LogP contribution in [0.2, 0.25) is 0 Å². The Kier molecular flexibility index (Phi) is 4.36. The molecule has 1 aromatic carbocycles. The van der Waals surface area contributed by atoms with Crippen LogP contribution in [0.5, 0.6) is 0 Å². The van der Waals surface area contributed by atoms with Gasteiger partial charge in [0.1, 0.15) is 11.4 Å². The third kappa shape index (κ3) is 3.23. The maximum Gasteiger partial charge on any atom is 0.287 e. The summed E-state index contributed by atoms with van der Waals surface area (Å²) in [5.74, 6) is 0.852. The van der Waals surface area contributed by atoms with E-state index in [4.69, 9.17) is 16.6 Å². The van der Waals surface area contributed by atoms with Gasteiger partial charge in [0.05, 0.1) is 0 Å². The lowest BCUT2D eigenvalue weighted by atomic mass is 10.2. The highest BCUT2D eigenvalue weighted by Gasteiger charge is 2.14. The molecule has 6 nitrogen and oxygen atoms in total. The molecule has 0 saturated carbocycles. The normalized spacial score (nSPS) is 11.1. The molecule has 2 aromatic heterocycles. The van der Waals surface area contributed by atoms with E-state index in [9.17, 15) is 4.79 Å². The molecule has 0 spiro atoms. The molecule has 3 aromatic rings. The van der Waals surface area contributed by atoms with Gasteiger partial charge >= 0.3 is 0 Å². The van der Waals surface area contributed by atoms with E-state index in [1.54, 1.807) is 10.6 Å². The summed E-state index contributed by atoms with van der Waals surface area (Å²) < 4.78 is 8.97. The zero-order valence-corrected chi connectivity index (χ0v) is 15.0. The molecule has 8 heteroatoms. The van der Waals surface area contributed by atoms with E-state index < -0.39 is 0 Å². The average molecular weight is 395 g/mol. The number of furan rings is 1. The van der Waals surface area contributed by atoms with Crippen molar-refractivity contribution in [1.29, 1.82) is 0 Å². The summed E-state index contributed by atoms with van der Waals surface area (Å²) in [5.41, 5.74) is 1.71. The van der Waals surface area contributed by atoms with E-state index in [1.165, 1.54) is 0 Å². The van der Waals surface area contributed by atoms with E-state index in [-0.39, 0.29) is 5.91 Å².